The fraction of sp³-hybridized carbons (Fsp3) is 0.405. The Morgan fingerprint density at radius 3 is 2.54 bits per heavy atom. The third kappa shape index (κ3) is 7.06. The molecule has 0 spiro atoms. The molecule has 0 aliphatic carbocycles. The van der Waals surface area contributed by atoms with Crippen molar-refractivity contribution in [3.05, 3.63) is 81.7 Å². The minimum Gasteiger partial charge on any atom is -0.496 e. The Morgan fingerprint density at radius 1 is 1.04 bits per heavy atom. The molecular formula is C37H39ClF3N7O4. The highest BCUT2D eigenvalue weighted by molar-refractivity contribution is 6.32. The average Bonchev–Trinajstić information content (AvgIpc) is 3.12. The summed E-state index contributed by atoms with van der Waals surface area (Å²) in [4.78, 5) is 45.6. The predicted octanol–water partition coefficient (Wildman–Crippen LogP) is 4.65. The van der Waals surface area contributed by atoms with Crippen molar-refractivity contribution in [2.24, 2.45) is 7.05 Å². The summed E-state index contributed by atoms with van der Waals surface area (Å²) in [5, 5.41) is 6.82. The van der Waals surface area contributed by atoms with Gasteiger partial charge in [0.2, 0.25) is 11.8 Å². The van der Waals surface area contributed by atoms with Crippen molar-refractivity contribution < 1.29 is 27.5 Å². The first-order chi connectivity index (χ1) is 24.9. The quantitative estimate of drug-likeness (QED) is 0.250. The van der Waals surface area contributed by atoms with Gasteiger partial charge in [-0.25, -0.2) is 13.2 Å². The number of piperazine rings is 1. The van der Waals surface area contributed by atoms with Crippen LogP contribution in [0.4, 0.5) is 24.5 Å². The molecule has 1 unspecified atom stereocenters. The van der Waals surface area contributed by atoms with Gasteiger partial charge in [-0.3, -0.25) is 34.5 Å². The van der Waals surface area contributed by atoms with Crippen LogP contribution in [0.25, 0.3) is 21.9 Å². The second-order valence-electron chi connectivity index (χ2n) is 13.6. The van der Waals surface area contributed by atoms with E-state index in [2.05, 4.69) is 15.6 Å². The smallest absolute Gasteiger partial charge is 0.275 e. The van der Waals surface area contributed by atoms with Gasteiger partial charge in [-0.1, -0.05) is 11.6 Å². The first kappa shape index (κ1) is 35.7. The highest BCUT2D eigenvalue weighted by Gasteiger charge is 2.48. The van der Waals surface area contributed by atoms with Crippen LogP contribution >= 0.6 is 11.6 Å². The van der Waals surface area contributed by atoms with Gasteiger partial charge in [-0.15, -0.1) is 0 Å². The van der Waals surface area contributed by atoms with Crippen LogP contribution in [0, 0.1) is 5.82 Å². The number of hydrogen-bond donors (Lipinski definition) is 2. The summed E-state index contributed by atoms with van der Waals surface area (Å²) in [6.45, 7) is 1.62. The number of fused-ring (bicyclic) bond motifs is 1. The molecular weight excluding hydrogens is 699 g/mol. The molecule has 0 radical (unpaired) electrons. The van der Waals surface area contributed by atoms with Crippen LogP contribution in [0.1, 0.15) is 24.8 Å². The van der Waals surface area contributed by atoms with Crippen LogP contribution < -0.4 is 25.8 Å². The van der Waals surface area contributed by atoms with Gasteiger partial charge in [0.25, 0.3) is 11.5 Å². The standard InChI is InChI=1S/C37H39ClF3N7O4/c1-45-19-26(24-7-9-42-18-25(24)36(45)51)22-15-28(38)27(32(16-22)52-2)20-46-10-8-33(37(40,41)21-46)48-13-11-47(12-14-48)31-5-3-23(17-29(31)39)43-30-4-6-34(49)44-35(30)50/h3,5,7,9,15-19,30,33,43H,4,6,8,10-14,20-21H2,1-2H3,(H,44,49,50)/t30?,33-/m1/s1. The summed E-state index contributed by atoms with van der Waals surface area (Å²) in [6.07, 6.45) is 5.66. The molecule has 2 aromatic heterocycles. The van der Waals surface area contributed by atoms with Crippen molar-refractivity contribution >= 4 is 45.6 Å². The highest BCUT2D eigenvalue weighted by Crippen LogP contribution is 2.39. The molecule has 3 aliphatic heterocycles. The molecule has 3 aliphatic rings. The maximum absolute atomic E-state index is 15.9. The van der Waals surface area contributed by atoms with E-state index in [9.17, 15) is 14.4 Å². The Balaban J connectivity index is 0.985. The van der Waals surface area contributed by atoms with E-state index in [-0.39, 0.29) is 30.9 Å². The predicted molar refractivity (Wildman–Crippen MR) is 193 cm³/mol. The molecule has 2 aromatic carbocycles. The summed E-state index contributed by atoms with van der Waals surface area (Å²) in [5.74, 6) is -3.79. The van der Waals surface area contributed by atoms with Crippen LogP contribution in [0.2, 0.25) is 5.02 Å². The molecule has 2 N–H and O–H groups in total. The van der Waals surface area contributed by atoms with Gasteiger partial charge in [0.15, 0.2) is 0 Å². The van der Waals surface area contributed by atoms with E-state index in [4.69, 9.17) is 16.3 Å². The molecule has 0 bridgehead atoms. The number of carbonyl (C=O) groups is 2. The number of piperidine rings is 2. The van der Waals surface area contributed by atoms with Crippen molar-refractivity contribution in [3.8, 4) is 16.9 Å². The Labute approximate surface area is 303 Å². The first-order valence-corrected chi connectivity index (χ1v) is 17.6. The number of methoxy groups -OCH3 is 1. The molecule has 2 amide bonds. The van der Waals surface area contributed by atoms with Crippen LogP contribution in [-0.2, 0) is 23.2 Å². The number of imide groups is 1. The highest BCUT2D eigenvalue weighted by atomic mass is 35.5. The van der Waals surface area contributed by atoms with Gasteiger partial charge in [-0.05, 0) is 60.2 Å². The lowest BCUT2D eigenvalue weighted by atomic mass is 9.96. The fourth-order valence-electron chi connectivity index (χ4n) is 7.61. The number of carbonyl (C=O) groups excluding carboxylic acids is 2. The molecule has 3 saturated heterocycles. The molecule has 15 heteroatoms. The van der Waals surface area contributed by atoms with E-state index in [1.807, 2.05) is 11.0 Å². The summed E-state index contributed by atoms with van der Waals surface area (Å²) in [7, 11) is 3.18. The van der Waals surface area contributed by atoms with Gasteiger partial charge in [0.1, 0.15) is 17.6 Å². The van der Waals surface area contributed by atoms with Gasteiger partial charge in [-0.2, -0.15) is 0 Å². The van der Waals surface area contributed by atoms with Crippen molar-refractivity contribution in [2.75, 3.05) is 56.6 Å². The topological polar surface area (TPSA) is 112 Å². The van der Waals surface area contributed by atoms with Crippen molar-refractivity contribution in [2.45, 2.75) is 43.8 Å². The van der Waals surface area contributed by atoms with E-state index >= 15 is 13.2 Å². The number of alkyl halides is 2. The van der Waals surface area contributed by atoms with Crippen LogP contribution in [0.15, 0.2) is 59.8 Å². The molecule has 11 nitrogen and oxygen atoms in total. The lowest BCUT2D eigenvalue weighted by Gasteiger charge is -2.46. The van der Waals surface area contributed by atoms with E-state index in [1.54, 1.807) is 53.5 Å². The Kier molecular flexibility index (Phi) is 9.89. The fourth-order valence-corrected chi connectivity index (χ4v) is 7.88. The second-order valence-corrected chi connectivity index (χ2v) is 14.0. The molecule has 0 saturated carbocycles. The third-order valence-corrected chi connectivity index (χ3v) is 10.7. The third-order valence-electron chi connectivity index (χ3n) is 10.3. The Morgan fingerprint density at radius 2 is 1.83 bits per heavy atom. The van der Waals surface area contributed by atoms with Gasteiger partial charge >= 0.3 is 0 Å². The number of amides is 2. The maximum atomic E-state index is 15.9. The van der Waals surface area contributed by atoms with Crippen LogP contribution in [-0.4, -0.2) is 95.5 Å². The molecule has 7 rings (SSSR count). The van der Waals surface area contributed by atoms with Crippen molar-refractivity contribution in [3.63, 3.8) is 0 Å². The zero-order valence-corrected chi connectivity index (χ0v) is 29.6. The van der Waals surface area contributed by atoms with E-state index in [0.29, 0.717) is 77.6 Å². The van der Waals surface area contributed by atoms with Gasteiger partial charge < -0.3 is 19.5 Å². The monoisotopic (exact) mass is 737 g/mol. The number of benzene rings is 2. The first-order valence-electron chi connectivity index (χ1n) is 17.2. The molecule has 52 heavy (non-hydrogen) atoms. The lowest BCUT2D eigenvalue weighted by molar-refractivity contribution is -0.133. The van der Waals surface area contributed by atoms with Gasteiger partial charge in [0.05, 0.1) is 30.8 Å². The van der Waals surface area contributed by atoms with E-state index < -0.39 is 36.3 Å². The Bertz CT molecular complexity index is 2090. The zero-order chi connectivity index (χ0) is 36.7. The number of ether oxygens (including phenoxy) is 1. The molecule has 3 fully saturated rings. The molecule has 4 aromatic rings. The number of anilines is 2. The van der Waals surface area contributed by atoms with E-state index in [0.717, 1.165) is 11.1 Å². The Hall–Kier alpha value is -4.66. The summed E-state index contributed by atoms with van der Waals surface area (Å²) in [5.41, 5.74) is 2.71. The SMILES string of the molecule is COc1cc(-c2cn(C)c(=O)c3cnccc23)cc(Cl)c1CN1CC[C@@H](N2CCN(c3ccc(NC4CCC(=O)NC4=O)cc3F)CC2)C(F)(F)C1. The average molecular weight is 738 g/mol. The number of nitrogens with zero attached hydrogens (tertiary/aromatic N) is 5. The number of likely N-dealkylation sites (tertiary alicyclic amines) is 1. The number of aryl methyl sites for hydroxylation is 1. The van der Waals surface area contributed by atoms with Crippen LogP contribution in [0.3, 0.4) is 0 Å². The molecule has 274 valence electrons. The number of aromatic nitrogens is 2. The van der Waals surface area contributed by atoms with Crippen LogP contribution in [0.5, 0.6) is 5.75 Å². The summed E-state index contributed by atoms with van der Waals surface area (Å²) >= 11 is 6.82. The van der Waals surface area contributed by atoms with Crippen molar-refractivity contribution in [1.82, 2.24) is 24.7 Å². The maximum Gasteiger partial charge on any atom is 0.275 e. The largest absolute Gasteiger partial charge is 0.496 e. The molecule has 5 heterocycles. The summed E-state index contributed by atoms with van der Waals surface area (Å²) in [6, 6.07) is 8.39. The molecule has 2 atom stereocenters. The number of halogens is 4. The normalized spacial score (nSPS) is 21.3. The number of pyridine rings is 2. The minimum atomic E-state index is -3.00. The minimum absolute atomic E-state index is 0.171. The summed E-state index contributed by atoms with van der Waals surface area (Å²) < 4.78 is 54.1. The lowest BCUT2D eigenvalue weighted by Crippen LogP contribution is -2.61. The number of hydrogen-bond acceptors (Lipinski definition) is 9. The van der Waals surface area contributed by atoms with Gasteiger partial charge in [0, 0.05) is 93.2 Å². The second kappa shape index (κ2) is 14.4. The van der Waals surface area contributed by atoms with Crippen molar-refractivity contribution in [1.29, 1.82) is 0 Å². The zero-order valence-electron chi connectivity index (χ0n) is 28.8. The van der Waals surface area contributed by atoms with E-state index in [1.165, 1.54) is 23.9 Å². The number of nitrogens with one attached hydrogen (secondary N) is 2. The number of rotatable bonds is 8.